The van der Waals surface area contributed by atoms with E-state index in [0.717, 1.165) is 30.9 Å². The quantitative estimate of drug-likeness (QED) is 0.461. The van der Waals surface area contributed by atoms with Crippen molar-refractivity contribution in [3.8, 4) is 0 Å². The Bertz CT molecular complexity index is 122. The van der Waals surface area contributed by atoms with Gasteiger partial charge in [0.15, 0.2) is 0 Å². The molecule has 0 aliphatic rings. The van der Waals surface area contributed by atoms with Gasteiger partial charge in [-0.25, -0.2) is 0 Å². The highest BCUT2D eigenvalue weighted by Gasteiger charge is 1.94. The van der Waals surface area contributed by atoms with Crippen LogP contribution in [0.25, 0.3) is 0 Å². The molecule has 0 aromatic carbocycles. The van der Waals surface area contributed by atoms with E-state index in [1.165, 1.54) is 0 Å². The highest BCUT2D eigenvalue weighted by molar-refractivity contribution is 8.76. The molecule has 0 radical (unpaired) electrons. The van der Waals surface area contributed by atoms with Gasteiger partial charge in [-0.3, -0.25) is 4.79 Å². The smallest absolute Gasteiger partial charge is 0.217 e. The van der Waals surface area contributed by atoms with Crippen LogP contribution < -0.4 is 11.5 Å². The van der Waals surface area contributed by atoms with Crippen LogP contribution in [0.2, 0.25) is 0 Å². The fourth-order valence-electron chi connectivity index (χ4n) is 0.565. The first-order valence-electron chi connectivity index (χ1n) is 4.00. The van der Waals surface area contributed by atoms with Crippen molar-refractivity contribution in [2.24, 2.45) is 11.5 Å². The lowest BCUT2D eigenvalue weighted by atomic mass is 10.3. The molecule has 0 rings (SSSR count). The minimum atomic E-state index is -0.206. The van der Waals surface area contributed by atoms with Gasteiger partial charge in [0, 0.05) is 17.9 Å². The number of carbonyl (C=O) groups excluding carboxylic acids is 1. The molecule has 5 heteroatoms. The molecule has 0 heterocycles. The van der Waals surface area contributed by atoms with Gasteiger partial charge in [0.25, 0.3) is 0 Å². The van der Waals surface area contributed by atoms with Crippen LogP contribution in [0.3, 0.4) is 0 Å². The molecule has 0 saturated carbocycles. The van der Waals surface area contributed by atoms with Crippen molar-refractivity contribution in [1.82, 2.24) is 0 Å². The molecule has 1 amide bonds. The molecule has 12 heavy (non-hydrogen) atoms. The lowest BCUT2D eigenvalue weighted by molar-refractivity contribution is -0.118. The van der Waals surface area contributed by atoms with Crippen LogP contribution in [-0.4, -0.2) is 24.0 Å². The molecule has 72 valence electrons. The maximum atomic E-state index is 10.3. The molecule has 0 aliphatic heterocycles. The fourth-order valence-corrected chi connectivity index (χ4v) is 2.76. The average molecular weight is 208 g/mol. The Morgan fingerprint density at radius 3 is 2.25 bits per heavy atom. The highest BCUT2D eigenvalue weighted by Crippen LogP contribution is 2.22. The van der Waals surface area contributed by atoms with Gasteiger partial charge in [0.2, 0.25) is 5.91 Å². The third kappa shape index (κ3) is 10.1. The van der Waals surface area contributed by atoms with E-state index in [9.17, 15) is 4.79 Å². The van der Waals surface area contributed by atoms with Crippen LogP contribution in [0.15, 0.2) is 0 Å². The lowest BCUT2D eigenvalue weighted by Crippen LogP contribution is -2.09. The molecule has 0 saturated heterocycles. The molecule has 0 fully saturated rings. The van der Waals surface area contributed by atoms with Crippen LogP contribution in [0, 0.1) is 0 Å². The third-order valence-electron chi connectivity index (χ3n) is 1.17. The first-order chi connectivity index (χ1) is 5.77. The predicted molar refractivity (Wildman–Crippen MR) is 57.0 cm³/mol. The zero-order chi connectivity index (χ0) is 9.23. The van der Waals surface area contributed by atoms with Crippen molar-refractivity contribution < 1.29 is 4.79 Å². The van der Waals surface area contributed by atoms with Crippen LogP contribution in [0.5, 0.6) is 0 Å². The number of amides is 1. The minimum absolute atomic E-state index is 0.206. The molecule has 0 aliphatic carbocycles. The zero-order valence-electron chi connectivity index (χ0n) is 7.12. The van der Waals surface area contributed by atoms with E-state index in [2.05, 4.69) is 0 Å². The minimum Gasteiger partial charge on any atom is -0.370 e. The van der Waals surface area contributed by atoms with Crippen molar-refractivity contribution in [2.75, 3.05) is 18.1 Å². The van der Waals surface area contributed by atoms with Gasteiger partial charge in [0.1, 0.15) is 0 Å². The Balaban J connectivity index is 2.86. The van der Waals surface area contributed by atoms with Gasteiger partial charge in [-0.1, -0.05) is 21.6 Å². The van der Waals surface area contributed by atoms with E-state index < -0.39 is 0 Å². The van der Waals surface area contributed by atoms with Crippen molar-refractivity contribution in [3.05, 3.63) is 0 Å². The molecule has 4 N–H and O–H groups in total. The summed E-state index contributed by atoms with van der Waals surface area (Å²) in [7, 11) is 3.60. The second-order valence-corrected chi connectivity index (χ2v) is 5.06. The molecule has 0 aromatic rings. The number of rotatable bonds is 8. The summed E-state index contributed by atoms with van der Waals surface area (Å²) >= 11 is 0. The Kier molecular flexibility index (Phi) is 9.32. The molecule has 0 atom stereocenters. The van der Waals surface area contributed by atoms with Crippen LogP contribution in [0.1, 0.15) is 19.3 Å². The van der Waals surface area contributed by atoms with E-state index >= 15 is 0 Å². The van der Waals surface area contributed by atoms with Gasteiger partial charge in [-0.2, -0.15) is 0 Å². The Morgan fingerprint density at radius 1 is 1.17 bits per heavy atom. The van der Waals surface area contributed by atoms with E-state index in [-0.39, 0.29) is 5.91 Å². The summed E-state index contributed by atoms with van der Waals surface area (Å²) in [5.74, 6) is 1.89. The molecule has 0 unspecified atom stereocenters. The summed E-state index contributed by atoms with van der Waals surface area (Å²) in [6.07, 6.45) is 2.45. The van der Waals surface area contributed by atoms with Crippen molar-refractivity contribution in [1.29, 1.82) is 0 Å². The Morgan fingerprint density at radius 2 is 1.75 bits per heavy atom. The molecule has 0 spiro atoms. The zero-order valence-corrected chi connectivity index (χ0v) is 8.76. The number of primary amides is 1. The first-order valence-corrected chi connectivity index (χ1v) is 6.49. The van der Waals surface area contributed by atoms with Gasteiger partial charge in [-0.05, 0) is 19.4 Å². The average Bonchev–Trinajstić information content (AvgIpc) is 2.02. The van der Waals surface area contributed by atoms with Gasteiger partial charge < -0.3 is 11.5 Å². The van der Waals surface area contributed by atoms with E-state index in [0.29, 0.717) is 6.42 Å². The predicted octanol–water partition coefficient (Wildman–Crippen LogP) is 0.982. The van der Waals surface area contributed by atoms with Gasteiger partial charge >= 0.3 is 0 Å². The number of carbonyl (C=O) groups is 1. The van der Waals surface area contributed by atoms with E-state index in [4.69, 9.17) is 11.5 Å². The van der Waals surface area contributed by atoms with E-state index in [1.54, 1.807) is 10.8 Å². The summed E-state index contributed by atoms with van der Waals surface area (Å²) in [5, 5.41) is 0. The summed E-state index contributed by atoms with van der Waals surface area (Å²) in [4.78, 5) is 10.3. The van der Waals surface area contributed by atoms with Crippen molar-refractivity contribution >= 4 is 27.5 Å². The summed E-state index contributed by atoms with van der Waals surface area (Å²) in [5.41, 5.74) is 10.3. The number of hydrogen-bond acceptors (Lipinski definition) is 4. The van der Waals surface area contributed by atoms with Crippen molar-refractivity contribution in [3.63, 3.8) is 0 Å². The normalized spacial score (nSPS) is 10.1. The largest absolute Gasteiger partial charge is 0.370 e. The second-order valence-electron chi connectivity index (χ2n) is 2.36. The molecule has 0 aromatic heterocycles. The fraction of sp³-hybridized carbons (Fsp3) is 0.857. The Labute approximate surface area is 81.4 Å². The van der Waals surface area contributed by atoms with Gasteiger partial charge in [0.05, 0.1) is 0 Å². The SMILES string of the molecule is NCCCSSCCCC(N)=O. The van der Waals surface area contributed by atoms with Crippen molar-refractivity contribution in [2.45, 2.75) is 19.3 Å². The van der Waals surface area contributed by atoms with Crippen LogP contribution in [-0.2, 0) is 4.79 Å². The molecular formula is C7H16N2OS2. The number of nitrogens with two attached hydrogens (primary N) is 2. The highest BCUT2D eigenvalue weighted by atomic mass is 33.1. The standard InChI is InChI=1S/C7H16N2OS2/c8-4-2-6-12-11-5-1-3-7(9)10/h1-6,8H2,(H2,9,10). The van der Waals surface area contributed by atoms with Gasteiger partial charge in [-0.15, -0.1) is 0 Å². The topological polar surface area (TPSA) is 69.1 Å². The van der Waals surface area contributed by atoms with E-state index in [1.807, 2.05) is 10.8 Å². The second kappa shape index (κ2) is 9.22. The summed E-state index contributed by atoms with van der Waals surface area (Å²) < 4.78 is 0. The monoisotopic (exact) mass is 208 g/mol. The summed E-state index contributed by atoms with van der Waals surface area (Å²) in [6.45, 7) is 0.759. The molecule has 0 bridgehead atoms. The van der Waals surface area contributed by atoms with Crippen LogP contribution in [0.4, 0.5) is 0 Å². The lowest BCUT2D eigenvalue weighted by Gasteiger charge is -1.98. The van der Waals surface area contributed by atoms with Crippen LogP contribution >= 0.6 is 21.6 Å². The first kappa shape index (κ1) is 12.1. The number of hydrogen-bond donors (Lipinski definition) is 2. The maximum Gasteiger partial charge on any atom is 0.217 e. The third-order valence-corrected chi connectivity index (χ3v) is 3.74. The molecular weight excluding hydrogens is 192 g/mol. The maximum absolute atomic E-state index is 10.3. The summed E-state index contributed by atoms with van der Waals surface area (Å²) in [6, 6.07) is 0. The Hall–Kier alpha value is 0.130. The molecule has 3 nitrogen and oxygen atoms in total.